The molecule has 0 saturated carbocycles. The number of likely N-dealkylation sites (tertiary alicyclic amines) is 1. The number of carbonyl (C=O) groups excluding carboxylic acids is 1. The molecule has 4 nitrogen and oxygen atoms in total. The fourth-order valence-electron chi connectivity index (χ4n) is 2.13. The van der Waals surface area contributed by atoms with Gasteiger partial charge in [-0.25, -0.2) is 0 Å². The second kappa shape index (κ2) is 3.84. The SMILES string of the molecule is O=C(c1csc2c1CCOC2)N1CC(O)C1. The lowest BCUT2D eigenvalue weighted by molar-refractivity contribution is 0.00575. The van der Waals surface area contributed by atoms with Gasteiger partial charge in [-0.05, 0) is 12.0 Å². The molecule has 1 saturated heterocycles. The van der Waals surface area contributed by atoms with E-state index in [4.69, 9.17) is 4.74 Å². The number of rotatable bonds is 1. The third-order valence-corrected chi connectivity index (χ3v) is 4.09. The molecule has 0 spiro atoms. The minimum absolute atomic E-state index is 0.0599. The molecule has 1 aromatic rings. The maximum atomic E-state index is 12.1. The van der Waals surface area contributed by atoms with Gasteiger partial charge in [-0.15, -0.1) is 11.3 Å². The van der Waals surface area contributed by atoms with Crippen molar-refractivity contribution in [2.45, 2.75) is 19.1 Å². The highest BCUT2D eigenvalue weighted by molar-refractivity contribution is 7.10. The predicted octanol–water partition coefficient (Wildman–Crippen LogP) is 0.637. The first-order valence-corrected chi connectivity index (χ1v) is 6.28. The lowest BCUT2D eigenvalue weighted by Gasteiger charge is -2.36. The summed E-state index contributed by atoms with van der Waals surface area (Å²) >= 11 is 1.60. The minimum atomic E-state index is -0.332. The molecule has 0 radical (unpaired) electrons. The van der Waals surface area contributed by atoms with Crippen LogP contribution in [-0.2, 0) is 17.8 Å². The summed E-state index contributed by atoms with van der Waals surface area (Å²) in [5.74, 6) is 0.0599. The van der Waals surface area contributed by atoms with E-state index in [-0.39, 0.29) is 12.0 Å². The Morgan fingerprint density at radius 2 is 2.38 bits per heavy atom. The van der Waals surface area contributed by atoms with Crippen LogP contribution >= 0.6 is 11.3 Å². The average molecular weight is 239 g/mol. The summed E-state index contributed by atoms with van der Waals surface area (Å²) in [6, 6.07) is 0. The topological polar surface area (TPSA) is 49.8 Å². The Morgan fingerprint density at radius 3 is 3.12 bits per heavy atom. The van der Waals surface area contributed by atoms with Crippen molar-refractivity contribution in [3.63, 3.8) is 0 Å². The molecular weight excluding hydrogens is 226 g/mol. The highest BCUT2D eigenvalue weighted by atomic mass is 32.1. The van der Waals surface area contributed by atoms with Crippen molar-refractivity contribution < 1.29 is 14.6 Å². The third-order valence-electron chi connectivity index (χ3n) is 3.09. The summed E-state index contributed by atoms with van der Waals surface area (Å²) in [5.41, 5.74) is 1.97. The second-order valence-electron chi connectivity index (χ2n) is 4.22. The smallest absolute Gasteiger partial charge is 0.255 e. The summed E-state index contributed by atoms with van der Waals surface area (Å²) in [6.45, 7) is 2.28. The van der Waals surface area contributed by atoms with E-state index in [2.05, 4.69) is 0 Å². The Morgan fingerprint density at radius 1 is 1.56 bits per heavy atom. The Hall–Kier alpha value is -0.910. The zero-order valence-electron chi connectivity index (χ0n) is 8.81. The standard InChI is InChI=1S/C11H13NO3S/c13-7-3-12(4-7)11(14)9-6-16-10-5-15-2-1-8(9)10/h6-7,13H,1-5H2. The van der Waals surface area contributed by atoms with Crippen molar-refractivity contribution in [2.24, 2.45) is 0 Å². The number of fused-ring (bicyclic) bond motifs is 1. The summed E-state index contributed by atoms with van der Waals surface area (Å²) in [7, 11) is 0. The molecule has 1 amide bonds. The quantitative estimate of drug-likeness (QED) is 0.782. The van der Waals surface area contributed by atoms with Gasteiger partial charge in [-0.2, -0.15) is 0 Å². The van der Waals surface area contributed by atoms with Crippen LogP contribution in [-0.4, -0.2) is 41.7 Å². The van der Waals surface area contributed by atoms with Gasteiger partial charge in [0, 0.05) is 23.3 Å². The van der Waals surface area contributed by atoms with Crippen LogP contribution in [0.2, 0.25) is 0 Å². The number of nitrogens with zero attached hydrogens (tertiary/aromatic N) is 1. The zero-order valence-corrected chi connectivity index (χ0v) is 9.63. The highest BCUT2D eigenvalue weighted by Crippen LogP contribution is 2.29. The number of hydrogen-bond acceptors (Lipinski definition) is 4. The maximum Gasteiger partial charge on any atom is 0.255 e. The van der Waals surface area contributed by atoms with Crippen molar-refractivity contribution >= 4 is 17.2 Å². The summed E-state index contributed by atoms with van der Waals surface area (Å²) in [4.78, 5) is 15.0. The minimum Gasteiger partial charge on any atom is -0.389 e. The molecular formula is C11H13NO3S. The van der Waals surface area contributed by atoms with Crippen LogP contribution in [0.5, 0.6) is 0 Å². The van der Waals surface area contributed by atoms with Gasteiger partial charge in [0.1, 0.15) is 0 Å². The van der Waals surface area contributed by atoms with Crippen molar-refractivity contribution in [1.29, 1.82) is 0 Å². The van der Waals surface area contributed by atoms with E-state index in [0.717, 1.165) is 17.5 Å². The van der Waals surface area contributed by atoms with Gasteiger partial charge < -0.3 is 14.7 Å². The van der Waals surface area contributed by atoms with Crippen LogP contribution in [0.1, 0.15) is 20.8 Å². The highest BCUT2D eigenvalue weighted by Gasteiger charge is 2.32. The van der Waals surface area contributed by atoms with Crippen molar-refractivity contribution in [3.05, 3.63) is 21.4 Å². The number of aliphatic hydroxyl groups is 1. The van der Waals surface area contributed by atoms with Crippen LogP contribution in [0.3, 0.4) is 0 Å². The first kappa shape index (κ1) is 10.3. The fourth-order valence-corrected chi connectivity index (χ4v) is 3.14. The first-order valence-electron chi connectivity index (χ1n) is 5.40. The van der Waals surface area contributed by atoms with Crippen LogP contribution in [0.25, 0.3) is 0 Å². The average Bonchev–Trinajstić information content (AvgIpc) is 2.67. The van der Waals surface area contributed by atoms with E-state index in [1.165, 1.54) is 4.88 Å². The van der Waals surface area contributed by atoms with Crippen LogP contribution < -0.4 is 0 Å². The Labute approximate surface area is 97.4 Å². The molecule has 16 heavy (non-hydrogen) atoms. The van der Waals surface area contributed by atoms with E-state index in [9.17, 15) is 9.90 Å². The monoisotopic (exact) mass is 239 g/mol. The van der Waals surface area contributed by atoms with E-state index >= 15 is 0 Å². The molecule has 0 unspecified atom stereocenters. The Balaban J connectivity index is 1.83. The number of thiophene rings is 1. The summed E-state index contributed by atoms with van der Waals surface area (Å²) in [6.07, 6.45) is 0.498. The van der Waals surface area contributed by atoms with Gasteiger partial charge >= 0.3 is 0 Å². The molecule has 3 heterocycles. The van der Waals surface area contributed by atoms with Gasteiger partial charge in [0.05, 0.1) is 24.9 Å². The van der Waals surface area contributed by atoms with Crippen molar-refractivity contribution in [2.75, 3.05) is 19.7 Å². The van der Waals surface area contributed by atoms with E-state index in [1.54, 1.807) is 16.2 Å². The molecule has 1 aromatic heterocycles. The van der Waals surface area contributed by atoms with Gasteiger partial charge in [-0.1, -0.05) is 0 Å². The van der Waals surface area contributed by atoms with Crippen molar-refractivity contribution in [1.82, 2.24) is 4.90 Å². The van der Waals surface area contributed by atoms with E-state index < -0.39 is 0 Å². The fraction of sp³-hybridized carbons (Fsp3) is 0.545. The summed E-state index contributed by atoms with van der Waals surface area (Å²) in [5, 5.41) is 11.1. The summed E-state index contributed by atoms with van der Waals surface area (Å²) < 4.78 is 5.35. The third kappa shape index (κ3) is 1.55. The Bertz CT molecular complexity index is 423. The second-order valence-corrected chi connectivity index (χ2v) is 5.18. The molecule has 0 bridgehead atoms. The van der Waals surface area contributed by atoms with Crippen LogP contribution in [0.15, 0.2) is 5.38 Å². The number of hydrogen-bond donors (Lipinski definition) is 1. The van der Waals surface area contributed by atoms with Gasteiger partial charge in [0.15, 0.2) is 0 Å². The molecule has 0 aliphatic carbocycles. The number of aliphatic hydroxyl groups excluding tert-OH is 1. The molecule has 2 aliphatic heterocycles. The van der Waals surface area contributed by atoms with Gasteiger partial charge in [0.25, 0.3) is 5.91 Å². The Kier molecular flexibility index (Phi) is 2.46. The predicted molar refractivity (Wildman–Crippen MR) is 59.6 cm³/mol. The normalized spacial score (nSPS) is 20.4. The molecule has 1 fully saturated rings. The van der Waals surface area contributed by atoms with Gasteiger partial charge in [0.2, 0.25) is 0 Å². The molecule has 0 atom stereocenters. The van der Waals surface area contributed by atoms with Crippen LogP contribution in [0, 0.1) is 0 Å². The lowest BCUT2D eigenvalue weighted by atomic mass is 10.0. The number of ether oxygens (including phenoxy) is 1. The number of amides is 1. The molecule has 86 valence electrons. The largest absolute Gasteiger partial charge is 0.389 e. The lowest BCUT2D eigenvalue weighted by Crippen LogP contribution is -2.53. The van der Waals surface area contributed by atoms with E-state index in [1.807, 2.05) is 5.38 Å². The molecule has 2 aliphatic rings. The number of carbonyl (C=O) groups is 1. The van der Waals surface area contributed by atoms with Crippen molar-refractivity contribution in [3.8, 4) is 0 Å². The molecule has 1 N–H and O–H groups in total. The molecule has 3 rings (SSSR count). The van der Waals surface area contributed by atoms with E-state index in [0.29, 0.717) is 26.3 Å². The maximum absolute atomic E-state index is 12.1. The van der Waals surface area contributed by atoms with Gasteiger partial charge in [-0.3, -0.25) is 4.79 Å². The van der Waals surface area contributed by atoms with Crippen LogP contribution in [0.4, 0.5) is 0 Å². The first-order chi connectivity index (χ1) is 7.75. The molecule has 0 aromatic carbocycles. The number of β-amino-alcohol motifs (C(OH)–C–C–N with tert-alkyl or cyclic N) is 1. The molecule has 5 heteroatoms. The zero-order chi connectivity index (χ0) is 11.1.